The normalized spacial score (nSPS) is 13.6. The second-order valence-electron chi connectivity index (χ2n) is 17.5. The van der Waals surface area contributed by atoms with E-state index >= 15 is 0 Å². The number of fused-ring (bicyclic) bond motifs is 2. The fourth-order valence-electron chi connectivity index (χ4n) is 7.29. The summed E-state index contributed by atoms with van der Waals surface area (Å²) in [6.07, 6.45) is 1.03. The number of rotatable bonds is 41. The van der Waals surface area contributed by atoms with Crippen LogP contribution in [0, 0.1) is 11.8 Å². The Labute approximate surface area is 442 Å². The fourth-order valence-corrected chi connectivity index (χ4v) is 8.37. The molecule has 1 heterocycles. The largest absolute Gasteiger partial charge is 0.481 e. The molecule has 0 bridgehead atoms. The summed E-state index contributed by atoms with van der Waals surface area (Å²) >= 11 is 0. The number of nitrogens with one attached hydrogen (secondary N) is 5. The Hall–Kier alpha value is -6.29. The van der Waals surface area contributed by atoms with Gasteiger partial charge in [-0.3, -0.25) is 38.1 Å². The highest BCUT2D eigenvalue weighted by molar-refractivity contribution is 7.50. The third-order valence-corrected chi connectivity index (χ3v) is 12.5. The number of carboxylic acids is 3. The smallest absolute Gasteiger partial charge is 0.403 e. The van der Waals surface area contributed by atoms with Crippen molar-refractivity contribution in [1.29, 1.82) is 0 Å². The molecule has 1 aliphatic rings. The number of unbranched alkanes of at least 4 members (excludes halogenated alkanes) is 2. The number of aliphatic carboxylic acids is 3. The number of carboxylic acid groups (broad SMARTS) is 3. The van der Waals surface area contributed by atoms with E-state index < -0.39 is 68.4 Å². The highest BCUT2D eigenvalue weighted by atomic mass is 31.2. The number of benzene rings is 2. The number of carbonyl (C=O) groups excluding carboxylic acids is 5. The molecule has 0 aliphatic carbocycles. The van der Waals surface area contributed by atoms with E-state index in [0.717, 1.165) is 22.4 Å². The minimum absolute atomic E-state index is 0.0425. The van der Waals surface area contributed by atoms with E-state index in [9.17, 15) is 52.9 Å². The van der Waals surface area contributed by atoms with Gasteiger partial charge in [-0.1, -0.05) is 48.6 Å². The van der Waals surface area contributed by atoms with Crippen LogP contribution < -0.4 is 31.3 Å². The van der Waals surface area contributed by atoms with Gasteiger partial charge in [0.1, 0.15) is 12.1 Å². The first-order valence-electron chi connectivity index (χ1n) is 25.3. The van der Waals surface area contributed by atoms with Crippen molar-refractivity contribution in [3.05, 3.63) is 65.2 Å². The molecule has 0 saturated carbocycles. The van der Waals surface area contributed by atoms with Crippen molar-refractivity contribution in [3.63, 3.8) is 0 Å². The highest BCUT2D eigenvalue weighted by Gasteiger charge is 2.29. The lowest BCUT2D eigenvalue weighted by molar-refractivity contribution is -0.142. The van der Waals surface area contributed by atoms with Gasteiger partial charge in [-0.15, -0.1) is 0 Å². The number of anilines is 1. The Kier molecular flexibility index (Phi) is 30.9. The zero-order valence-electron chi connectivity index (χ0n) is 42.9. The quantitative estimate of drug-likeness (QED) is 0.0262. The van der Waals surface area contributed by atoms with E-state index in [-0.39, 0.29) is 88.9 Å². The first-order chi connectivity index (χ1) is 36.4. The Morgan fingerprint density at radius 3 is 1.84 bits per heavy atom. The summed E-state index contributed by atoms with van der Waals surface area (Å²) in [7, 11) is -4.57. The van der Waals surface area contributed by atoms with E-state index in [4.69, 9.17) is 33.7 Å². The SMILES string of the molecule is C[C@H](CCCOP(=O)(O)NC(CCC(=O)O)C(=O)O)NC(=O)CC[C@H](NC(=O)CCCCCNC(=O)CCOCCOCCOCCOCCNC(=O)CCC(=O)N1Cc2ccccc2C#Cc2ccccc21)C(=O)O. The molecular formula is C51H73N6O18P. The average Bonchev–Trinajstić information content (AvgIpc) is 3.37. The molecule has 0 spiro atoms. The summed E-state index contributed by atoms with van der Waals surface area (Å²) in [6.45, 7) is 4.86. The predicted octanol–water partition coefficient (Wildman–Crippen LogP) is 2.62. The van der Waals surface area contributed by atoms with Crippen LogP contribution in [0.4, 0.5) is 5.69 Å². The van der Waals surface area contributed by atoms with Crippen molar-refractivity contribution in [2.75, 3.05) is 77.5 Å². The molecule has 420 valence electrons. The molecule has 1 aliphatic heterocycles. The molecule has 0 aromatic heterocycles. The van der Waals surface area contributed by atoms with Crippen molar-refractivity contribution >= 4 is 60.9 Å². The standard InChI is InChI=1S/C51H73N6O18P/c1-37(10-9-27-75-76(69,70)56-42(51(67)68)19-23-49(63)64)54-47(61)20-18-41(50(65)66)55-46(60)15-3-2-8-25-52-45(59)24-28-71-30-32-73-34-35-74-33-31-72-29-26-53-44(58)21-22-48(62)57-36-40-13-5-4-11-38(40)16-17-39-12-6-7-14-43(39)57/h4-7,11-14,37,41-42H,2-3,8-10,15,18-36H2,1H3,(H,52,59)(H,53,58)(H,54,61)(H,55,60)(H,63,64)(H,65,66)(H,67,68)(H2,56,69,70)/t37-,41+,42?/m1/s1. The van der Waals surface area contributed by atoms with E-state index in [1.165, 1.54) is 0 Å². The van der Waals surface area contributed by atoms with Crippen LogP contribution in [-0.2, 0) is 72.9 Å². The number of amides is 5. The van der Waals surface area contributed by atoms with E-state index in [1.54, 1.807) is 11.8 Å². The molecular weight excluding hydrogens is 1020 g/mol. The second kappa shape index (κ2) is 36.6. The van der Waals surface area contributed by atoms with Crippen LogP contribution in [-0.4, -0.2) is 158 Å². The molecule has 3 rings (SSSR count). The Bertz CT molecular complexity index is 2310. The van der Waals surface area contributed by atoms with Crippen LogP contribution in [0.5, 0.6) is 0 Å². The zero-order chi connectivity index (χ0) is 55.6. The number of hydrogen-bond donors (Lipinski definition) is 9. The molecule has 76 heavy (non-hydrogen) atoms. The van der Waals surface area contributed by atoms with Crippen molar-refractivity contribution in [2.24, 2.45) is 0 Å². The topological polar surface area (TPSA) is 344 Å². The lowest BCUT2D eigenvalue weighted by Crippen LogP contribution is -2.42. The Morgan fingerprint density at radius 1 is 0.579 bits per heavy atom. The van der Waals surface area contributed by atoms with Crippen LogP contribution in [0.15, 0.2) is 48.5 Å². The van der Waals surface area contributed by atoms with Gasteiger partial charge in [0, 0.05) is 68.8 Å². The fraction of sp³-hybridized carbons (Fsp3) is 0.569. The molecule has 4 atom stereocenters. The summed E-state index contributed by atoms with van der Waals surface area (Å²) in [6, 6.07) is 11.8. The first-order valence-corrected chi connectivity index (χ1v) is 26.9. The lowest BCUT2D eigenvalue weighted by Gasteiger charge is -2.26. The van der Waals surface area contributed by atoms with Crippen LogP contribution in [0.2, 0.25) is 0 Å². The third kappa shape index (κ3) is 28.0. The summed E-state index contributed by atoms with van der Waals surface area (Å²) in [5.41, 5.74) is 3.29. The maximum atomic E-state index is 13.3. The summed E-state index contributed by atoms with van der Waals surface area (Å²) in [5, 5.41) is 40.0. The minimum Gasteiger partial charge on any atom is -0.481 e. The average molecular weight is 1090 g/mol. The van der Waals surface area contributed by atoms with E-state index in [2.05, 4.69) is 33.1 Å². The first kappa shape index (κ1) is 64.0. The van der Waals surface area contributed by atoms with Crippen molar-refractivity contribution < 1.29 is 86.6 Å². The molecule has 2 unspecified atom stereocenters. The molecule has 0 saturated heterocycles. The molecule has 5 amide bonds. The molecule has 0 radical (unpaired) electrons. The van der Waals surface area contributed by atoms with Gasteiger partial charge in [-0.25, -0.2) is 14.4 Å². The van der Waals surface area contributed by atoms with Gasteiger partial charge in [-0.05, 0) is 69.2 Å². The molecule has 9 N–H and O–H groups in total. The number of carbonyl (C=O) groups is 8. The highest BCUT2D eigenvalue weighted by Crippen LogP contribution is 2.38. The molecule has 25 heteroatoms. The summed E-state index contributed by atoms with van der Waals surface area (Å²) < 4.78 is 39.0. The number of hydrogen-bond acceptors (Lipinski definition) is 14. The monoisotopic (exact) mass is 1090 g/mol. The van der Waals surface area contributed by atoms with Gasteiger partial charge in [0.05, 0.1) is 71.7 Å². The second-order valence-corrected chi connectivity index (χ2v) is 19.1. The van der Waals surface area contributed by atoms with Crippen LogP contribution in [0.25, 0.3) is 0 Å². The van der Waals surface area contributed by atoms with E-state index in [0.29, 0.717) is 78.5 Å². The van der Waals surface area contributed by atoms with Gasteiger partial charge in [0.2, 0.25) is 29.5 Å². The van der Waals surface area contributed by atoms with Gasteiger partial charge in [-0.2, -0.15) is 0 Å². The summed E-state index contributed by atoms with van der Waals surface area (Å²) in [5.74, 6) is 0.689. The van der Waals surface area contributed by atoms with Crippen LogP contribution >= 0.6 is 7.75 Å². The van der Waals surface area contributed by atoms with Gasteiger partial charge in [0.25, 0.3) is 0 Å². The Morgan fingerprint density at radius 2 is 1.16 bits per heavy atom. The predicted molar refractivity (Wildman–Crippen MR) is 275 cm³/mol. The number of ether oxygens (including phenoxy) is 4. The maximum absolute atomic E-state index is 13.3. The van der Waals surface area contributed by atoms with Crippen LogP contribution in [0.3, 0.4) is 0 Å². The van der Waals surface area contributed by atoms with Gasteiger partial charge >= 0.3 is 25.7 Å². The Balaban J connectivity index is 1.09. The maximum Gasteiger partial charge on any atom is 0.403 e. The van der Waals surface area contributed by atoms with Crippen molar-refractivity contribution in [3.8, 4) is 11.8 Å². The zero-order valence-corrected chi connectivity index (χ0v) is 43.8. The van der Waals surface area contributed by atoms with Crippen LogP contribution in [0.1, 0.15) is 107 Å². The molecule has 0 fully saturated rings. The summed E-state index contributed by atoms with van der Waals surface area (Å²) in [4.78, 5) is 108. The lowest BCUT2D eigenvalue weighted by atomic mass is 10.0. The third-order valence-electron chi connectivity index (χ3n) is 11.3. The van der Waals surface area contributed by atoms with Crippen molar-refractivity contribution in [2.45, 2.75) is 115 Å². The number of nitrogens with zero attached hydrogens (tertiary/aromatic N) is 1. The van der Waals surface area contributed by atoms with E-state index in [1.807, 2.05) is 53.6 Å². The number of para-hydroxylation sites is 1. The molecule has 24 nitrogen and oxygen atoms in total. The molecule has 2 aromatic rings. The molecule has 2 aromatic carbocycles. The van der Waals surface area contributed by atoms with Gasteiger partial charge < -0.3 is 65.3 Å². The minimum atomic E-state index is -4.57. The van der Waals surface area contributed by atoms with Crippen molar-refractivity contribution in [1.82, 2.24) is 26.4 Å². The van der Waals surface area contributed by atoms with Gasteiger partial charge in [0.15, 0.2) is 0 Å².